The minimum Gasteiger partial charge on any atom is -0.352 e. The summed E-state index contributed by atoms with van der Waals surface area (Å²) in [6.45, 7) is 2.48. The third-order valence-corrected chi connectivity index (χ3v) is 5.51. The summed E-state index contributed by atoms with van der Waals surface area (Å²) >= 11 is 12.2. The number of nitrogens with zero attached hydrogens (tertiary/aromatic N) is 1. The zero-order valence-corrected chi connectivity index (χ0v) is 17.1. The summed E-state index contributed by atoms with van der Waals surface area (Å²) in [5.74, 6) is 0.607. The maximum absolute atomic E-state index is 11.5. The van der Waals surface area contributed by atoms with E-state index in [-0.39, 0.29) is 6.04 Å². The summed E-state index contributed by atoms with van der Waals surface area (Å²) in [7, 11) is -1.51. The molecule has 1 unspecified atom stereocenters. The Morgan fingerprint density at radius 2 is 1.81 bits per heavy atom. The molecule has 8 heteroatoms. The van der Waals surface area contributed by atoms with Crippen LogP contribution < -0.4 is 10.6 Å². The normalized spacial score (nSPS) is 13.3. The van der Waals surface area contributed by atoms with Crippen molar-refractivity contribution in [1.29, 1.82) is 0 Å². The van der Waals surface area contributed by atoms with Gasteiger partial charge in [-0.25, -0.2) is 8.42 Å². The molecule has 26 heavy (non-hydrogen) atoms. The van der Waals surface area contributed by atoms with E-state index in [1.165, 1.54) is 6.26 Å². The molecule has 1 atom stereocenters. The van der Waals surface area contributed by atoms with E-state index in [0.717, 1.165) is 11.1 Å². The maximum atomic E-state index is 11.5. The van der Waals surface area contributed by atoms with Crippen molar-refractivity contribution in [2.75, 3.05) is 13.3 Å². The van der Waals surface area contributed by atoms with Gasteiger partial charge < -0.3 is 10.6 Å². The lowest BCUT2D eigenvalue weighted by Crippen LogP contribution is -2.38. The Morgan fingerprint density at radius 1 is 1.15 bits per heavy atom. The second kappa shape index (κ2) is 8.75. The van der Waals surface area contributed by atoms with Gasteiger partial charge in [0.1, 0.15) is 0 Å². The molecule has 0 saturated carbocycles. The van der Waals surface area contributed by atoms with Crippen molar-refractivity contribution in [2.45, 2.75) is 24.4 Å². The van der Waals surface area contributed by atoms with Crippen molar-refractivity contribution in [3.05, 3.63) is 63.6 Å². The summed E-state index contributed by atoms with van der Waals surface area (Å²) in [6, 6.07) is 12.0. The fourth-order valence-corrected chi connectivity index (χ4v) is 3.57. The number of sulfone groups is 1. The van der Waals surface area contributed by atoms with Gasteiger partial charge >= 0.3 is 0 Å². The Hall–Kier alpha value is -1.76. The van der Waals surface area contributed by atoms with Crippen LogP contribution in [-0.2, 0) is 16.4 Å². The molecule has 0 heterocycles. The number of aliphatic imine (C=N–C) groups is 1. The maximum Gasteiger partial charge on any atom is 0.191 e. The molecule has 2 aromatic rings. The fraction of sp³-hybridized carbons (Fsp3) is 0.278. The van der Waals surface area contributed by atoms with Gasteiger partial charge in [-0.3, -0.25) is 4.99 Å². The van der Waals surface area contributed by atoms with Gasteiger partial charge in [-0.05, 0) is 42.3 Å². The van der Waals surface area contributed by atoms with Crippen molar-refractivity contribution in [3.63, 3.8) is 0 Å². The minimum absolute atomic E-state index is 0.0708. The van der Waals surface area contributed by atoms with Crippen LogP contribution >= 0.6 is 23.2 Å². The summed E-state index contributed by atoms with van der Waals surface area (Å²) < 4.78 is 23.0. The van der Waals surface area contributed by atoms with Crippen LogP contribution in [0.1, 0.15) is 24.1 Å². The van der Waals surface area contributed by atoms with Crippen molar-refractivity contribution in [3.8, 4) is 0 Å². The average Bonchev–Trinajstić information content (AvgIpc) is 2.58. The first kappa shape index (κ1) is 20.6. The molecule has 0 aliphatic rings. The van der Waals surface area contributed by atoms with Crippen LogP contribution in [0, 0.1) is 0 Å². The average molecular weight is 414 g/mol. The molecular formula is C18H21Cl2N3O2S. The van der Waals surface area contributed by atoms with Crippen molar-refractivity contribution < 1.29 is 8.42 Å². The third kappa shape index (κ3) is 5.62. The second-order valence-electron chi connectivity index (χ2n) is 5.87. The highest BCUT2D eigenvalue weighted by Gasteiger charge is 2.12. The Morgan fingerprint density at radius 3 is 2.35 bits per heavy atom. The smallest absolute Gasteiger partial charge is 0.191 e. The molecule has 0 spiro atoms. The predicted octanol–water partition coefficient (Wildman–Crippen LogP) is 3.82. The van der Waals surface area contributed by atoms with Gasteiger partial charge in [0.15, 0.2) is 15.8 Å². The zero-order chi connectivity index (χ0) is 19.3. The van der Waals surface area contributed by atoms with Crippen LogP contribution in [0.4, 0.5) is 0 Å². The molecule has 2 N–H and O–H groups in total. The second-order valence-corrected chi connectivity index (χ2v) is 8.73. The number of rotatable bonds is 5. The minimum atomic E-state index is -3.19. The van der Waals surface area contributed by atoms with Crippen molar-refractivity contribution in [1.82, 2.24) is 10.6 Å². The SMILES string of the molecule is CN=C(NCc1ccc(S(C)(=O)=O)cc1)NC(C)c1ccc(Cl)cc1Cl. The predicted molar refractivity (Wildman–Crippen MR) is 108 cm³/mol. The molecule has 0 saturated heterocycles. The van der Waals surface area contributed by atoms with E-state index < -0.39 is 9.84 Å². The van der Waals surface area contributed by atoms with Crippen LogP contribution in [-0.4, -0.2) is 27.7 Å². The molecule has 0 bridgehead atoms. The van der Waals surface area contributed by atoms with E-state index in [9.17, 15) is 8.42 Å². The molecule has 140 valence electrons. The van der Waals surface area contributed by atoms with Gasteiger partial charge in [-0.1, -0.05) is 41.4 Å². The monoisotopic (exact) mass is 413 g/mol. The molecule has 0 aliphatic carbocycles. The lowest BCUT2D eigenvalue weighted by Gasteiger charge is -2.19. The summed E-state index contributed by atoms with van der Waals surface area (Å²) in [6.07, 6.45) is 1.19. The van der Waals surface area contributed by atoms with Crippen LogP contribution in [0.15, 0.2) is 52.4 Å². The number of benzene rings is 2. The first-order valence-electron chi connectivity index (χ1n) is 7.92. The summed E-state index contributed by atoms with van der Waals surface area (Å²) in [4.78, 5) is 4.50. The molecule has 2 rings (SSSR count). The Balaban J connectivity index is 1.99. The standard InChI is InChI=1S/C18H21Cl2N3O2S/c1-12(16-9-6-14(19)10-17(16)20)23-18(21-2)22-11-13-4-7-15(8-5-13)26(3,24)25/h4-10,12H,11H2,1-3H3,(H2,21,22,23). The molecule has 0 radical (unpaired) electrons. The molecule has 0 fully saturated rings. The molecule has 0 aliphatic heterocycles. The topological polar surface area (TPSA) is 70.6 Å². The molecular weight excluding hydrogens is 393 g/mol. The van der Waals surface area contributed by atoms with Crippen LogP contribution in [0.2, 0.25) is 10.0 Å². The summed E-state index contributed by atoms with van der Waals surface area (Å²) in [5, 5.41) is 7.64. The number of guanidine groups is 1. The third-order valence-electron chi connectivity index (χ3n) is 3.82. The molecule has 5 nitrogen and oxygen atoms in total. The first-order valence-corrected chi connectivity index (χ1v) is 10.6. The van der Waals surface area contributed by atoms with Gasteiger partial charge in [0.2, 0.25) is 0 Å². The number of nitrogens with one attached hydrogen (secondary N) is 2. The van der Waals surface area contributed by atoms with Gasteiger partial charge in [0.25, 0.3) is 0 Å². The molecule has 0 aromatic heterocycles. The van der Waals surface area contributed by atoms with Crippen LogP contribution in [0.25, 0.3) is 0 Å². The van der Waals surface area contributed by atoms with Gasteiger partial charge in [0.05, 0.1) is 10.9 Å². The Labute approximate surface area is 164 Å². The number of hydrogen-bond donors (Lipinski definition) is 2. The number of hydrogen-bond acceptors (Lipinski definition) is 3. The Kier molecular flexibility index (Phi) is 6.92. The van der Waals surface area contributed by atoms with E-state index in [4.69, 9.17) is 23.2 Å². The van der Waals surface area contributed by atoms with Gasteiger partial charge in [-0.2, -0.15) is 0 Å². The first-order chi connectivity index (χ1) is 12.2. The zero-order valence-electron chi connectivity index (χ0n) is 14.8. The largest absolute Gasteiger partial charge is 0.352 e. The van der Waals surface area contributed by atoms with E-state index >= 15 is 0 Å². The fourth-order valence-electron chi connectivity index (χ4n) is 2.37. The van der Waals surface area contributed by atoms with Gasteiger partial charge in [0, 0.05) is 29.9 Å². The van der Waals surface area contributed by atoms with Crippen LogP contribution in [0.3, 0.4) is 0 Å². The van der Waals surface area contributed by atoms with E-state index in [0.29, 0.717) is 27.4 Å². The van der Waals surface area contributed by atoms with Crippen LogP contribution in [0.5, 0.6) is 0 Å². The lowest BCUT2D eigenvalue weighted by molar-refractivity contribution is 0.602. The number of halogens is 2. The molecule has 0 amide bonds. The van der Waals surface area contributed by atoms with E-state index in [1.54, 1.807) is 43.4 Å². The highest BCUT2D eigenvalue weighted by atomic mass is 35.5. The highest BCUT2D eigenvalue weighted by Crippen LogP contribution is 2.26. The Bertz CT molecular complexity index is 897. The van der Waals surface area contributed by atoms with E-state index in [1.807, 2.05) is 13.0 Å². The lowest BCUT2D eigenvalue weighted by atomic mass is 10.1. The quantitative estimate of drug-likeness (QED) is 0.577. The van der Waals surface area contributed by atoms with Gasteiger partial charge in [-0.15, -0.1) is 0 Å². The van der Waals surface area contributed by atoms with E-state index in [2.05, 4.69) is 15.6 Å². The van der Waals surface area contributed by atoms with Crippen molar-refractivity contribution >= 4 is 39.0 Å². The highest BCUT2D eigenvalue weighted by molar-refractivity contribution is 7.90. The van der Waals surface area contributed by atoms with Crippen molar-refractivity contribution in [2.24, 2.45) is 4.99 Å². The molecule has 2 aromatic carbocycles. The summed E-state index contributed by atoms with van der Waals surface area (Å²) in [5.41, 5.74) is 1.86.